The van der Waals surface area contributed by atoms with E-state index in [2.05, 4.69) is 15.4 Å². The van der Waals surface area contributed by atoms with Crippen LogP contribution in [-0.4, -0.2) is 54.4 Å². The molecule has 1 aliphatic carbocycles. The molecule has 3 aliphatic rings. The summed E-state index contributed by atoms with van der Waals surface area (Å²) in [5, 5.41) is 6.92. The first-order valence-corrected chi connectivity index (χ1v) is 8.34. The summed E-state index contributed by atoms with van der Waals surface area (Å²) in [4.78, 5) is 14.8. The van der Waals surface area contributed by atoms with Gasteiger partial charge in [0.25, 0.3) is 5.91 Å². The Morgan fingerprint density at radius 1 is 1.23 bits per heavy atom. The van der Waals surface area contributed by atoms with E-state index in [4.69, 9.17) is 9.26 Å². The van der Waals surface area contributed by atoms with Crippen LogP contribution < -0.4 is 5.32 Å². The molecule has 2 aliphatic heterocycles. The Morgan fingerprint density at radius 2 is 2.05 bits per heavy atom. The molecule has 0 aromatic carbocycles. The fourth-order valence-corrected chi connectivity index (χ4v) is 3.94. The lowest BCUT2D eigenvalue weighted by Gasteiger charge is -2.31. The summed E-state index contributed by atoms with van der Waals surface area (Å²) in [6, 6.07) is 2.47. The van der Waals surface area contributed by atoms with Crippen molar-refractivity contribution in [2.45, 2.75) is 37.8 Å². The summed E-state index contributed by atoms with van der Waals surface area (Å²) < 4.78 is 10.2. The zero-order valence-electron chi connectivity index (χ0n) is 12.7. The van der Waals surface area contributed by atoms with Crippen molar-refractivity contribution in [3.05, 3.63) is 18.0 Å². The van der Waals surface area contributed by atoms with E-state index in [0.717, 1.165) is 45.1 Å². The maximum atomic E-state index is 12.3. The Morgan fingerprint density at radius 3 is 2.73 bits per heavy atom. The van der Waals surface area contributed by atoms with Gasteiger partial charge in [-0.3, -0.25) is 9.69 Å². The van der Waals surface area contributed by atoms with Gasteiger partial charge in [-0.2, -0.15) is 0 Å². The molecule has 6 nitrogen and oxygen atoms in total. The highest BCUT2D eigenvalue weighted by atomic mass is 16.5. The van der Waals surface area contributed by atoms with Gasteiger partial charge in [-0.1, -0.05) is 5.16 Å². The number of hydrogen-bond donors (Lipinski definition) is 1. The van der Waals surface area contributed by atoms with Gasteiger partial charge in [0.05, 0.1) is 0 Å². The number of aromatic nitrogens is 1. The normalized spacial score (nSPS) is 30.5. The van der Waals surface area contributed by atoms with Gasteiger partial charge in [0, 0.05) is 44.5 Å². The molecule has 22 heavy (non-hydrogen) atoms. The highest BCUT2D eigenvalue weighted by Gasteiger charge is 2.44. The van der Waals surface area contributed by atoms with Gasteiger partial charge < -0.3 is 14.6 Å². The van der Waals surface area contributed by atoms with E-state index in [1.807, 2.05) is 0 Å². The van der Waals surface area contributed by atoms with Crippen LogP contribution in [0.1, 0.15) is 36.2 Å². The summed E-state index contributed by atoms with van der Waals surface area (Å²) in [6.45, 7) is 3.80. The zero-order valence-corrected chi connectivity index (χ0v) is 12.7. The van der Waals surface area contributed by atoms with Crippen LogP contribution in [0.3, 0.4) is 0 Å². The third-order valence-electron chi connectivity index (χ3n) is 5.32. The molecule has 4 rings (SSSR count). The van der Waals surface area contributed by atoms with E-state index in [1.165, 1.54) is 19.1 Å². The number of ether oxygens (including phenoxy) is 1. The predicted octanol–water partition coefficient (Wildman–Crippen LogP) is 1.29. The van der Waals surface area contributed by atoms with Gasteiger partial charge in [-0.25, -0.2) is 0 Å². The molecule has 1 amide bonds. The number of nitrogens with zero attached hydrogens (tertiary/aromatic N) is 2. The second-order valence-electron chi connectivity index (χ2n) is 6.76. The molecule has 0 unspecified atom stereocenters. The number of amides is 1. The molecule has 3 fully saturated rings. The van der Waals surface area contributed by atoms with E-state index < -0.39 is 0 Å². The maximum Gasteiger partial charge on any atom is 0.273 e. The highest BCUT2D eigenvalue weighted by Crippen LogP contribution is 2.42. The predicted molar refractivity (Wildman–Crippen MR) is 79.4 cm³/mol. The van der Waals surface area contributed by atoms with E-state index in [-0.39, 0.29) is 11.9 Å². The summed E-state index contributed by atoms with van der Waals surface area (Å²) >= 11 is 0. The Balaban J connectivity index is 1.42. The number of carbonyl (C=O) groups is 1. The number of nitrogens with one attached hydrogen (secondary N) is 1. The van der Waals surface area contributed by atoms with Crippen LogP contribution in [0.5, 0.6) is 0 Å². The lowest BCUT2D eigenvalue weighted by molar-refractivity contribution is 0.0404. The van der Waals surface area contributed by atoms with Crippen LogP contribution in [0.4, 0.5) is 0 Å². The second-order valence-corrected chi connectivity index (χ2v) is 6.76. The van der Waals surface area contributed by atoms with Gasteiger partial charge in [-0.05, 0) is 37.5 Å². The van der Waals surface area contributed by atoms with Crippen molar-refractivity contribution in [3.8, 4) is 0 Å². The lowest BCUT2D eigenvalue weighted by Crippen LogP contribution is -2.43. The van der Waals surface area contributed by atoms with Crippen LogP contribution in [-0.2, 0) is 4.74 Å². The van der Waals surface area contributed by atoms with Crippen molar-refractivity contribution in [1.29, 1.82) is 0 Å². The average molecular weight is 305 g/mol. The van der Waals surface area contributed by atoms with Gasteiger partial charge in [0.1, 0.15) is 6.26 Å². The van der Waals surface area contributed by atoms with Crippen LogP contribution >= 0.6 is 0 Å². The molecule has 1 saturated carbocycles. The molecule has 0 bridgehead atoms. The Kier molecular flexibility index (Phi) is 3.88. The molecule has 0 spiro atoms. The standard InChI is InChI=1S/C16H23N3O3/c20-16(14-5-8-22-18-14)17-15-10-19(9-13(15)11-1-2-11)12-3-6-21-7-4-12/h5,8,11-13,15H,1-4,6-7,9-10H2,(H,17,20)/t13-,15+/m1/s1. The fraction of sp³-hybridized carbons (Fsp3) is 0.750. The minimum atomic E-state index is -0.113. The molecule has 3 heterocycles. The molecule has 2 saturated heterocycles. The third kappa shape index (κ3) is 2.90. The van der Waals surface area contributed by atoms with E-state index in [0.29, 0.717) is 17.7 Å². The molecule has 1 aromatic rings. The van der Waals surface area contributed by atoms with E-state index in [1.54, 1.807) is 6.07 Å². The zero-order chi connectivity index (χ0) is 14.9. The molecule has 6 heteroatoms. The minimum absolute atomic E-state index is 0.113. The Hall–Kier alpha value is -1.40. The third-order valence-corrected chi connectivity index (χ3v) is 5.32. The van der Waals surface area contributed by atoms with E-state index in [9.17, 15) is 4.79 Å². The van der Waals surface area contributed by atoms with Crippen LogP contribution in [0.2, 0.25) is 0 Å². The average Bonchev–Trinajstić information content (AvgIpc) is 3.09. The minimum Gasteiger partial charge on any atom is -0.381 e. The molecule has 120 valence electrons. The fourth-order valence-electron chi connectivity index (χ4n) is 3.94. The molecule has 0 radical (unpaired) electrons. The van der Waals surface area contributed by atoms with Crippen molar-refractivity contribution < 1.29 is 14.1 Å². The van der Waals surface area contributed by atoms with Gasteiger partial charge in [-0.15, -0.1) is 0 Å². The Bertz CT molecular complexity index is 509. The molecule has 1 N–H and O–H groups in total. The van der Waals surface area contributed by atoms with E-state index >= 15 is 0 Å². The SMILES string of the molecule is O=C(N[C@H]1CN(C2CCOCC2)C[C@@H]1C1CC1)c1ccon1. The molecule has 1 aromatic heterocycles. The van der Waals surface area contributed by atoms with Crippen molar-refractivity contribution in [3.63, 3.8) is 0 Å². The van der Waals surface area contributed by atoms with Crippen molar-refractivity contribution in [2.24, 2.45) is 11.8 Å². The summed E-state index contributed by atoms with van der Waals surface area (Å²) in [5.41, 5.74) is 0.374. The summed E-state index contributed by atoms with van der Waals surface area (Å²) in [6.07, 6.45) is 6.28. The van der Waals surface area contributed by atoms with Crippen molar-refractivity contribution in [1.82, 2.24) is 15.4 Å². The number of rotatable bonds is 4. The number of hydrogen-bond acceptors (Lipinski definition) is 5. The van der Waals surface area contributed by atoms with Crippen molar-refractivity contribution in [2.75, 3.05) is 26.3 Å². The first kappa shape index (κ1) is 14.2. The topological polar surface area (TPSA) is 67.6 Å². The molecule has 2 atom stereocenters. The van der Waals surface area contributed by atoms with Gasteiger partial charge in [0.2, 0.25) is 0 Å². The Labute approximate surface area is 130 Å². The number of carbonyl (C=O) groups excluding carboxylic acids is 1. The molecular weight excluding hydrogens is 282 g/mol. The smallest absolute Gasteiger partial charge is 0.273 e. The quantitative estimate of drug-likeness (QED) is 0.908. The first-order valence-electron chi connectivity index (χ1n) is 8.34. The van der Waals surface area contributed by atoms with Crippen LogP contribution in [0.15, 0.2) is 16.9 Å². The second kappa shape index (κ2) is 6.01. The van der Waals surface area contributed by atoms with Crippen LogP contribution in [0.25, 0.3) is 0 Å². The first-order chi connectivity index (χ1) is 10.8. The number of likely N-dealkylation sites (tertiary alicyclic amines) is 1. The largest absolute Gasteiger partial charge is 0.381 e. The van der Waals surface area contributed by atoms with Gasteiger partial charge in [0.15, 0.2) is 5.69 Å². The van der Waals surface area contributed by atoms with Gasteiger partial charge >= 0.3 is 0 Å². The van der Waals surface area contributed by atoms with Crippen molar-refractivity contribution >= 4 is 5.91 Å². The summed E-state index contributed by atoms with van der Waals surface area (Å²) in [5.74, 6) is 1.25. The summed E-state index contributed by atoms with van der Waals surface area (Å²) in [7, 11) is 0. The van der Waals surface area contributed by atoms with Crippen LogP contribution in [0, 0.1) is 11.8 Å². The molecular formula is C16H23N3O3. The monoisotopic (exact) mass is 305 g/mol. The maximum absolute atomic E-state index is 12.3. The lowest BCUT2D eigenvalue weighted by atomic mass is 9.98. The highest BCUT2D eigenvalue weighted by molar-refractivity contribution is 5.92.